The summed E-state index contributed by atoms with van der Waals surface area (Å²) in [6.07, 6.45) is -0.441. The molecule has 0 aromatic heterocycles. The third kappa shape index (κ3) is 1.42. The predicted molar refractivity (Wildman–Crippen MR) is 59.1 cm³/mol. The molecule has 0 bridgehead atoms. The van der Waals surface area contributed by atoms with Gasteiger partial charge in [0.05, 0.1) is 5.69 Å². The molecule has 1 aliphatic heterocycles. The standard InChI is InChI=1S/C11H14N2O2/c1-6-4-8(12)10-9(5-6)15-7(2)11(14)13(10)3/h4-5,7H,12H2,1-3H3. The average molecular weight is 206 g/mol. The second kappa shape index (κ2) is 3.15. The molecule has 1 amide bonds. The van der Waals surface area contributed by atoms with Crippen LogP contribution in [-0.2, 0) is 4.79 Å². The van der Waals surface area contributed by atoms with Crippen LogP contribution in [0.1, 0.15) is 12.5 Å². The van der Waals surface area contributed by atoms with Crippen LogP contribution in [0.5, 0.6) is 5.75 Å². The van der Waals surface area contributed by atoms with Gasteiger partial charge in [-0.05, 0) is 31.5 Å². The molecule has 15 heavy (non-hydrogen) atoms. The lowest BCUT2D eigenvalue weighted by molar-refractivity contribution is -0.125. The van der Waals surface area contributed by atoms with E-state index in [-0.39, 0.29) is 5.91 Å². The molecule has 1 aromatic carbocycles. The molecule has 1 unspecified atom stereocenters. The van der Waals surface area contributed by atoms with Crippen LogP contribution in [0, 0.1) is 6.92 Å². The van der Waals surface area contributed by atoms with Crippen LogP contribution in [0.3, 0.4) is 0 Å². The summed E-state index contributed by atoms with van der Waals surface area (Å²) in [4.78, 5) is 13.2. The Morgan fingerprint density at radius 3 is 2.80 bits per heavy atom. The number of anilines is 2. The number of likely N-dealkylation sites (N-methyl/N-ethyl adjacent to an activating group) is 1. The van der Waals surface area contributed by atoms with Crippen LogP contribution < -0.4 is 15.4 Å². The van der Waals surface area contributed by atoms with Crippen molar-refractivity contribution < 1.29 is 9.53 Å². The van der Waals surface area contributed by atoms with Crippen LogP contribution in [-0.4, -0.2) is 19.1 Å². The van der Waals surface area contributed by atoms with Crippen molar-refractivity contribution in [2.75, 3.05) is 17.7 Å². The summed E-state index contributed by atoms with van der Waals surface area (Å²) in [5.74, 6) is 0.611. The van der Waals surface area contributed by atoms with Gasteiger partial charge in [-0.1, -0.05) is 0 Å². The summed E-state index contributed by atoms with van der Waals surface area (Å²) in [7, 11) is 1.71. The van der Waals surface area contributed by atoms with Gasteiger partial charge in [0.25, 0.3) is 5.91 Å². The summed E-state index contributed by atoms with van der Waals surface area (Å²) in [5.41, 5.74) is 8.14. The highest BCUT2D eigenvalue weighted by molar-refractivity contribution is 6.02. The van der Waals surface area contributed by atoms with Crippen molar-refractivity contribution in [3.05, 3.63) is 17.7 Å². The van der Waals surface area contributed by atoms with Crippen LogP contribution in [0.15, 0.2) is 12.1 Å². The van der Waals surface area contributed by atoms with Crippen LogP contribution >= 0.6 is 0 Å². The van der Waals surface area contributed by atoms with E-state index in [4.69, 9.17) is 10.5 Å². The first-order chi connectivity index (χ1) is 7.00. The van der Waals surface area contributed by atoms with Crippen LogP contribution in [0.25, 0.3) is 0 Å². The van der Waals surface area contributed by atoms with E-state index in [1.807, 2.05) is 19.1 Å². The number of nitrogens with two attached hydrogens (primary N) is 1. The van der Waals surface area contributed by atoms with Gasteiger partial charge in [-0.2, -0.15) is 0 Å². The molecule has 0 fully saturated rings. The number of hydrogen-bond donors (Lipinski definition) is 1. The van der Waals surface area contributed by atoms with E-state index in [2.05, 4.69) is 0 Å². The monoisotopic (exact) mass is 206 g/mol. The number of amides is 1. The first-order valence-electron chi connectivity index (χ1n) is 4.85. The van der Waals surface area contributed by atoms with Gasteiger partial charge in [0, 0.05) is 7.05 Å². The number of nitrogen functional groups attached to an aromatic ring is 1. The molecular formula is C11H14N2O2. The molecule has 0 aliphatic carbocycles. The van der Waals surface area contributed by atoms with Gasteiger partial charge in [-0.25, -0.2) is 0 Å². The largest absolute Gasteiger partial charge is 0.479 e. The number of benzene rings is 1. The molecular weight excluding hydrogens is 192 g/mol. The van der Waals surface area contributed by atoms with Gasteiger partial charge in [0.15, 0.2) is 6.10 Å². The van der Waals surface area contributed by atoms with Crippen molar-refractivity contribution in [1.82, 2.24) is 0 Å². The number of fused-ring (bicyclic) bond motifs is 1. The Bertz CT molecular complexity index is 429. The molecule has 80 valence electrons. The molecule has 4 nitrogen and oxygen atoms in total. The maximum Gasteiger partial charge on any atom is 0.267 e. The summed E-state index contributed by atoms with van der Waals surface area (Å²) < 4.78 is 5.50. The highest BCUT2D eigenvalue weighted by Gasteiger charge is 2.30. The summed E-state index contributed by atoms with van der Waals surface area (Å²) >= 11 is 0. The minimum absolute atomic E-state index is 0.0712. The maximum absolute atomic E-state index is 11.7. The van der Waals surface area contributed by atoms with E-state index in [0.29, 0.717) is 17.1 Å². The second-order valence-corrected chi connectivity index (χ2v) is 3.86. The molecule has 1 heterocycles. The Hall–Kier alpha value is -1.71. The number of rotatable bonds is 0. The molecule has 0 saturated carbocycles. The fraction of sp³-hybridized carbons (Fsp3) is 0.364. The lowest BCUT2D eigenvalue weighted by Crippen LogP contribution is -2.42. The van der Waals surface area contributed by atoms with Gasteiger partial charge in [-0.3, -0.25) is 4.79 Å². The maximum atomic E-state index is 11.7. The molecule has 0 radical (unpaired) electrons. The first-order valence-corrected chi connectivity index (χ1v) is 4.85. The molecule has 1 atom stereocenters. The number of ether oxygens (including phenoxy) is 1. The van der Waals surface area contributed by atoms with Gasteiger partial charge in [0.2, 0.25) is 0 Å². The topological polar surface area (TPSA) is 55.6 Å². The zero-order chi connectivity index (χ0) is 11.2. The number of carbonyl (C=O) groups is 1. The van der Waals surface area contributed by atoms with Gasteiger partial charge in [0.1, 0.15) is 11.4 Å². The highest BCUT2D eigenvalue weighted by Crippen LogP contribution is 2.38. The smallest absolute Gasteiger partial charge is 0.267 e. The van der Waals surface area contributed by atoms with Gasteiger partial charge >= 0.3 is 0 Å². The number of hydrogen-bond acceptors (Lipinski definition) is 3. The van der Waals surface area contributed by atoms with Gasteiger partial charge in [-0.15, -0.1) is 0 Å². The Balaban J connectivity index is 2.60. The average Bonchev–Trinajstić information content (AvgIpc) is 2.13. The zero-order valence-electron chi connectivity index (χ0n) is 9.07. The van der Waals surface area contributed by atoms with E-state index < -0.39 is 6.10 Å². The molecule has 1 aromatic rings. The SMILES string of the molecule is Cc1cc(N)c2c(c1)OC(C)C(=O)N2C. The van der Waals surface area contributed by atoms with Crippen molar-refractivity contribution in [1.29, 1.82) is 0 Å². The molecule has 4 heteroatoms. The molecule has 2 N–H and O–H groups in total. The summed E-state index contributed by atoms with van der Waals surface area (Å²) in [6.45, 7) is 3.68. The predicted octanol–water partition coefficient (Wildman–Crippen LogP) is 1.32. The summed E-state index contributed by atoms with van der Waals surface area (Å²) in [5, 5.41) is 0. The Labute approximate surface area is 88.6 Å². The van der Waals surface area contributed by atoms with E-state index >= 15 is 0 Å². The van der Waals surface area contributed by atoms with E-state index in [0.717, 1.165) is 5.56 Å². The minimum Gasteiger partial charge on any atom is -0.479 e. The highest BCUT2D eigenvalue weighted by atomic mass is 16.5. The third-order valence-electron chi connectivity index (χ3n) is 2.57. The normalized spacial score (nSPS) is 19.8. The fourth-order valence-corrected chi connectivity index (χ4v) is 1.85. The van der Waals surface area contributed by atoms with E-state index in [9.17, 15) is 4.79 Å². The Kier molecular flexibility index (Phi) is 2.07. The lowest BCUT2D eigenvalue weighted by atomic mass is 10.1. The minimum atomic E-state index is -0.441. The molecule has 0 saturated heterocycles. The molecule has 0 spiro atoms. The van der Waals surface area contributed by atoms with Crippen molar-refractivity contribution in [3.63, 3.8) is 0 Å². The van der Waals surface area contributed by atoms with Crippen molar-refractivity contribution in [2.24, 2.45) is 0 Å². The third-order valence-corrected chi connectivity index (χ3v) is 2.57. The van der Waals surface area contributed by atoms with Crippen LogP contribution in [0.2, 0.25) is 0 Å². The van der Waals surface area contributed by atoms with E-state index in [1.54, 1.807) is 18.9 Å². The van der Waals surface area contributed by atoms with Crippen molar-refractivity contribution >= 4 is 17.3 Å². The number of aryl methyl sites for hydroxylation is 1. The van der Waals surface area contributed by atoms with Crippen molar-refractivity contribution in [2.45, 2.75) is 20.0 Å². The Morgan fingerprint density at radius 1 is 1.47 bits per heavy atom. The van der Waals surface area contributed by atoms with E-state index in [1.165, 1.54) is 0 Å². The number of nitrogens with zero attached hydrogens (tertiary/aromatic N) is 1. The summed E-state index contributed by atoms with van der Waals surface area (Å²) in [6, 6.07) is 3.73. The molecule has 2 rings (SSSR count). The second-order valence-electron chi connectivity index (χ2n) is 3.86. The van der Waals surface area contributed by atoms with Crippen LogP contribution in [0.4, 0.5) is 11.4 Å². The van der Waals surface area contributed by atoms with Gasteiger partial charge < -0.3 is 15.4 Å². The quantitative estimate of drug-likeness (QED) is 0.651. The molecule has 1 aliphatic rings. The Morgan fingerprint density at radius 2 is 2.13 bits per heavy atom. The lowest BCUT2D eigenvalue weighted by Gasteiger charge is -2.31. The first kappa shape index (κ1) is 9.83. The number of carbonyl (C=O) groups excluding carboxylic acids is 1. The zero-order valence-corrected chi connectivity index (χ0v) is 9.07. The fourth-order valence-electron chi connectivity index (χ4n) is 1.85. The van der Waals surface area contributed by atoms with Crippen molar-refractivity contribution in [3.8, 4) is 5.75 Å².